The summed E-state index contributed by atoms with van der Waals surface area (Å²) in [5.74, 6) is -0.352. The topological polar surface area (TPSA) is 62.0 Å². The molecule has 2 N–H and O–H groups in total. The predicted octanol–water partition coefficient (Wildman–Crippen LogP) is 1.37. The van der Waals surface area contributed by atoms with E-state index >= 15 is 0 Å². The lowest BCUT2D eigenvalue weighted by molar-refractivity contribution is 0.0950. The molecule has 0 radical (unpaired) electrons. The molecule has 0 bridgehead atoms. The van der Waals surface area contributed by atoms with Crippen LogP contribution in [0.3, 0.4) is 0 Å². The lowest BCUT2D eigenvalue weighted by Gasteiger charge is -2.02. The average molecular weight is 234 g/mol. The van der Waals surface area contributed by atoms with E-state index in [4.69, 9.17) is 0 Å². The second-order valence-corrected chi connectivity index (χ2v) is 4.22. The highest BCUT2D eigenvalue weighted by Crippen LogP contribution is 2.07. The van der Waals surface area contributed by atoms with Gasteiger partial charge < -0.3 is 10.3 Å². The van der Waals surface area contributed by atoms with E-state index in [0.29, 0.717) is 6.54 Å². The Labute approximate surface area is 96.0 Å². The lowest BCUT2D eigenvalue weighted by atomic mass is 10.2. The molecule has 0 aromatic carbocycles. The van der Waals surface area contributed by atoms with Gasteiger partial charge in [-0.3, -0.25) is 9.59 Å². The molecule has 2 aromatic rings. The molecule has 1 amide bonds. The van der Waals surface area contributed by atoms with Crippen LogP contribution in [-0.2, 0) is 6.54 Å². The van der Waals surface area contributed by atoms with Gasteiger partial charge in [-0.25, -0.2) is 0 Å². The van der Waals surface area contributed by atoms with Gasteiger partial charge in [-0.05, 0) is 11.4 Å². The summed E-state index contributed by atoms with van der Waals surface area (Å²) in [6.45, 7) is 0.449. The maximum absolute atomic E-state index is 11.6. The van der Waals surface area contributed by atoms with Crippen LogP contribution in [0, 0.1) is 0 Å². The van der Waals surface area contributed by atoms with Gasteiger partial charge in [0.05, 0.1) is 6.54 Å². The average Bonchev–Trinajstić information content (AvgIpc) is 2.79. The third-order valence-electron chi connectivity index (χ3n) is 2.07. The molecule has 2 heterocycles. The number of H-pyrrole nitrogens is 1. The number of rotatable bonds is 3. The minimum absolute atomic E-state index is 0.138. The minimum atomic E-state index is -0.352. The summed E-state index contributed by atoms with van der Waals surface area (Å²) >= 11 is 1.56. The smallest absolute Gasteiger partial charge is 0.257 e. The van der Waals surface area contributed by atoms with Crippen LogP contribution in [0.2, 0.25) is 0 Å². The molecule has 0 saturated carbocycles. The summed E-state index contributed by atoms with van der Waals surface area (Å²) in [4.78, 5) is 26.8. The van der Waals surface area contributed by atoms with Crippen LogP contribution < -0.4 is 10.7 Å². The first-order valence-corrected chi connectivity index (χ1v) is 5.63. The number of amides is 1. The lowest BCUT2D eigenvalue weighted by Crippen LogP contribution is -2.27. The molecule has 2 rings (SSSR count). The van der Waals surface area contributed by atoms with Crippen molar-refractivity contribution in [2.45, 2.75) is 6.54 Å². The Morgan fingerprint density at radius 1 is 1.44 bits per heavy atom. The van der Waals surface area contributed by atoms with Gasteiger partial charge in [0.15, 0.2) is 5.43 Å². The fourth-order valence-corrected chi connectivity index (χ4v) is 1.91. The zero-order valence-electron chi connectivity index (χ0n) is 8.40. The zero-order valence-corrected chi connectivity index (χ0v) is 9.21. The number of hydrogen-bond donors (Lipinski definition) is 2. The fraction of sp³-hybridized carbons (Fsp3) is 0.0909. The van der Waals surface area contributed by atoms with Crippen molar-refractivity contribution in [1.29, 1.82) is 0 Å². The molecule has 0 fully saturated rings. The molecular weight excluding hydrogens is 224 g/mol. The number of thiophene rings is 1. The molecule has 0 aliphatic carbocycles. The Hall–Kier alpha value is -1.88. The van der Waals surface area contributed by atoms with Crippen molar-refractivity contribution in [2.75, 3.05) is 0 Å². The van der Waals surface area contributed by atoms with E-state index in [9.17, 15) is 9.59 Å². The highest BCUT2D eigenvalue weighted by Gasteiger charge is 2.08. The molecule has 82 valence electrons. The molecule has 0 aliphatic heterocycles. The first kappa shape index (κ1) is 10.6. The van der Waals surface area contributed by atoms with Gasteiger partial charge in [0.1, 0.15) is 5.56 Å². The number of aromatic nitrogens is 1. The van der Waals surface area contributed by atoms with E-state index in [2.05, 4.69) is 10.3 Å². The van der Waals surface area contributed by atoms with Crippen molar-refractivity contribution in [3.8, 4) is 0 Å². The second kappa shape index (κ2) is 4.76. The Kier molecular flexibility index (Phi) is 3.16. The molecule has 2 aromatic heterocycles. The summed E-state index contributed by atoms with van der Waals surface area (Å²) in [6.07, 6.45) is 2.91. The Morgan fingerprint density at radius 2 is 2.31 bits per heavy atom. The third kappa shape index (κ3) is 2.38. The number of carbonyl (C=O) groups is 1. The van der Waals surface area contributed by atoms with Crippen LogP contribution in [0.4, 0.5) is 0 Å². The molecule has 0 unspecified atom stereocenters. The molecule has 4 nitrogen and oxygen atoms in total. The number of hydrogen-bond acceptors (Lipinski definition) is 3. The highest BCUT2D eigenvalue weighted by molar-refractivity contribution is 7.09. The Balaban J connectivity index is 2.04. The van der Waals surface area contributed by atoms with Gasteiger partial charge in [-0.1, -0.05) is 6.07 Å². The van der Waals surface area contributed by atoms with Crippen LogP contribution in [0.5, 0.6) is 0 Å². The van der Waals surface area contributed by atoms with E-state index in [1.807, 2.05) is 17.5 Å². The van der Waals surface area contributed by atoms with E-state index in [0.717, 1.165) is 4.88 Å². The van der Waals surface area contributed by atoms with Crippen molar-refractivity contribution in [3.05, 3.63) is 56.6 Å². The van der Waals surface area contributed by atoms with Crippen molar-refractivity contribution in [2.24, 2.45) is 0 Å². The maximum Gasteiger partial charge on any atom is 0.257 e. The van der Waals surface area contributed by atoms with Gasteiger partial charge in [0.25, 0.3) is 5.91 Å². The van der Waals surface area contributed by atoms with Crippen LogP contribution in [0.25, 0.3) is 0 Å². The number of aromatic amines is 1. The highest BCUT2D eigenvalue weighted by atomic mass is 32.1. The quantitative estimate of drug-likeness (QED) is 0.842. The summed E-state index contributed by atoms with van der Waals surface area (Å²) in [6, 6.07) is 5.18. The van der Waals surface area contributed by atoms with Gasteiger partial charge in [0.2, 0.25) is 0 Å². The summed E-state index contributed by atoms with van der Waals surface area (Å²) in [5.41, 5.74) is -0.138. The zero-order chi connectivity index (χ0) is 11.4. The fourth-order valence-electron chi connectivity index (χ4n) is 1.27. The maximum atomic E-state index is 11.6. The molecule has 0 atom stereocenters. The second-order valence-electron chi connectivity index (χ2n) is 3.18. The van der Waals surface area contributed by atoms with Gasteiger partial charge in [-0.2, -0.15) is 0 Å². The largest absolute Gasteiger partial charge is 0.367 e. The molecule has 0 saturated heterocycles. The first-order valence-electron chi connectivity index (χ1n) is 4.75. The number of pyridine rings is 1. The molecule has 16 heavy (non-hydrogen) atoms. The van der Waals surface area contributed by atoms with E-state index in [-0.39, 0.29) is 16.9 Å². The van der Waals surface area contributed by atoms with Crippen LogP contribution in [-0.4, -0.2) is 10.9 Å². The molecule has 5 heteroatoms. The summed E-state index contributed by atoms with van der Waals surface area (Å²) in [7, 11) is 0. The number of nitrogens with one attached hydrogen (secondary N) is 2. The number of carbonyl (C=O) groups excluding carboxylic acids is 1. The minimum Gasteiger partial charge on any atom is -0.367 e. The van der Waals surface area contributed by atoms with Gasteiger partial charge >= 0.3 is 0 Å². The Bertz CT molecular complexity index is 531. The van der Waals surface area contributed by atoms with E-state index in [1.165, 1.54) is 18.5 Å². The van der Waals surface area contributed by atoms with Crippen LogP contribution in [0.15, 0.2) is 40.8 Å². The van der Waals surface area contributed by atoms with Crippen molar-refractivity contribution in [1.82, 2.24) is 10.3 Å². The summed E-state index contributed by atoms with van der Waals surface area (Å²) < 4.78 is 0. The monoisotopic (exact) mass is 234 g/mol. The van der Waals surface area contributed by atoms with Gasteiger partial charge in [0, 0.05) is 23.3 Å². The van der Waals surface area contributed by atoms with Crippen molar-refractivity contribution in [3.63, 3.8) is 0 Å². The molecular formula is C11H10N2O2S. The van der Waals surface area contributed by atoms with E-state index in [1.54, 1.807) is 11.3 Å². The van der Waals surface area contributed by atoms with Crippen molar-refractivity contribution >= 4 is 17.2 Å². The Morgan fingerprint density at radius 3 is 3.00 bits per heavy atom. The summed E-state index contributed by atoms with van der Waals surface area (Å²) in [5, 5.41) is 4.63. The molecule has 0 aliphatic rings. The SMILES string of the molecule is O=C(NCc1cccs1)c1c[nH]ccc1=O. The third-order valence-corrected chi connectivity index (χ3v) is 2.95. The van der Waals surface area contributed by atoms with Crippen molar-refractivity contribution < 1.29 is 4.79 Å². The van der Waals surface area contributed by atoms with Crippen LogP contribution in [0.1, 0.15) is 15.2 Å². The first-order chi connectivity index (χ1) is 7.77. The standard InChI is InChI=1S/C11H10N2O2S/c14-10-3-4-12-7-9(10)11(15)13-6-8-2-1-5-16-8/h1-5,7H,6H2,(H,12,14)(H,13,15). The normalized spacial score (nSPS) is 10.0. The van der Waals surface area contributed by atoms with E-state index < -0.39 is 0 Å². The van der Waals surface area contributed by atoms with Gasteiger partial charge in [-0.15, -0.1) is 11.3 Å². The van der Waals surface area contributed by atoms with Crippen LogP contribution >= 0.6 is 11.3 Å². The molecule has 0 spiro atoms. The predicted molar refractivity (Wildman–Crippen MR) is 62.6 cm³/mol.